The normalized spacial score (nSPS) is 10.4. The molecule has 2 aromatic rings. The van der Waals surface area contributed by atoms with Crippen LogP contribution in [0, 0.1) is 0 Å². The van der Waals surface area contributed by atoms with Gasteiger partial charge < -0.3 is 10.5 Å². The van der Waals surface area contributed by atoms with Gasteiger partial charge in [-0.05, 0) is 17.3 Å². The summed E-state index contributed by atoms with van der Waals surface area (Å²) in [5.41, 5.74) is 6.24. The summed E-state index contributed by atoms with van der Waals surface area (Å²) in [6.07, 6.45) is 0. The zero-order valence-electron chi connectivity index (χ0n) is 8.59. The third kappa shape index (κ3) is 2.40. The van der Waals surface area contributed by atoms with E-state index in [1.54, 1.807) is 25.2 Å². The molecule has 0 unspecified atom stereocenters. The number of rotatable bonds is 3. The van der Waals surface area contributed by atoms with Gasteiger partial charge in [0.2, 0.25) is 5.82 Å². The van der Waals surface area contributed by atoms with Crippen LogP contribution in [-0.2, 0) is 13.7 Å². The second kappa shape index (κ2) is 4.36. The molecule has 0 atom stereocenters. The predicted molar refractivity (Wildman–Crippen MR) is 59.0 cm³/mol. The van der Waals surface area contributed by atoms with E-state index in [1.807, 2.05) is 0 Å². The van der Waals surface area contributed by atoms with Gasteiger partial charge in [0.25, 0.3) is 0 Å². The summed E-state index contributed by atoms with van der Waals surface area (Å²) in [6.45, 7) is 0.207. The van der Waals surface area contributed by atoms with Gasteiger partial charge in [0, 0.05) is 11.1 Å². The van der Waals surface area contributed by atoms with Crippen LogP contribution in [0.3, 0.4) is 0 Å². The van der Waals surface area contributed by atoms with Crippen LogP contribution in [0.25, 0.3) is 0 Å². The number of ether oxygens (including phenoxy) is 1. The first-order valence-corrected chi connectivity index (χ1v) is 4.93. The van der Waals surface area contributed by atoms with Crippen molar-refractivity contribution in [2.45, 2.75) is 6.61 Å². The van der Waals surface area contributed by atoms with Crippen LogP contribution in [0.4, 0.5) is 5.69 Å². The molecule has 1 aromatic carbocycles. The van der Waals surface area contributed by atoms with Gasteiger partial charge in [-0.1, -0.05) is 11.6 Å². The number of nitrogens with two attached hydrogens (primary N) is 1. The number of hydrogen-bond acceptors (Lipinski definition) is 5. The Balaban J connectivity index is 2.07. The molecule has 2 N–H and O–H groups in total. The summed E-state index contributed by atoms with van der Waals surface area (Å²) in [7, 11) is 1.68. The lowest BCUT2D eigenvalue weighted by molar-refractivity contribution is 0.297. The largest absolute Gasteiger partial charge is 0.483 e. The van der Waals surface area contributed by atoms with Crippen molar-refractivity contribution in [3.63, 3.8) is 0 Å². The average molecular weight is 240 g/mol. The van der Waals surface area contributed by atoms with Crippen LogP contribution >= 0.6 is 11.6 Å². The van der Waals surface area contributed by atoms with Crippen molar-refractivity contribution < 1.29 is 4.74 Å². The zero-order valence-corrected chi connectivity index (χ0v) is 9.35. The first kappa shape index (κ1) is 10.7. The molecule has 1 aromatic heterocycles. The molecule has 0 aliphatic carbocycles. The Morgan fingerprint density at radius 2 is 2.31 bits per heavy atom. The third-order valence-electron chi connectivity index (χ3n) is 1.88. The van der Waals surface area contributed by atoms with Gasteiger partial charge in [-0.25, -0.2) is 0 Å². The molecule has 0 saturated carbocycles. The van der Waals surface area contributed by atoms with Gasteiger partial charge in [0.1, 0.15) is 5.75 Å². The molecular formula is C9H10ClN5O. The fourth-order valence-corrected chi connectivity index (χ4v) is 1.32. The highest BCUT2D eigenvalue weighted by Crippen LogP contribution is 2.25. The fourth-order valence-electron chi connectivity index (χ4n) is 1.16. The van der Waals surface area contributed by atoms with E-state index in [1.165, 1.54) is 4.80 Å². The minimum atomic E-state index is 0.207. The van der Waals surface area contributed by atoms with Crippen LogP contribution in [0.1, 0.15) is 5.82 Å². The zero-order chi connectivity index (χ0) is 11.5. The predicted octanol–water partition coefficient (Wildman–Crippen LogP) is 1.02. The van der Waals surface area contributed by atoms with Crippen molar-refractivity contribution in [3.8, 4) is 5.75 Å². The molecule has 0 radical (unpaired) electrons. The van der Waals surface area contributed by atoms with E-state index < -0.39 is 0 Å². The monoisotopic (exact) mass is 239 g/mol. The Bertz CT molecular complexity index is 498. The molecule has 1 heterocycles. The van der Waals surface area contributed by atoms with E-state index >= 15 is 0 Å². The molecular weight excluding hydrogens is 230 g/mol. The van der Waals surface area contributed by atoms with Crippen LogP contribution < -0.4 is 10.5 Å². The number of tetrazole rings is 1. The van der Waals surface area contributed by atoms with Crippen LogP contribution in [0.15, 0.2) is 18.2 Å². The Morgan fingerprint density at radius 3 is 3.00 bits per heavy atom. The van der Waals surface area contributed by atoms with Crippen molar-refractivity contribution in [3.05, 3.63) is 29.0 Å². The molecule has 0 bridgehead atoms. The number of benzene rings is 1. The Morgan fingerprint density at radius 1 is 1.50 bits per heavy atom. The van der Waals surface area contributed by atoms with Gasteiger partial charge in [-0.15, -0.1) is 10.2 Å². The van der Waals surface area contributed by atoms with Gasteiger partial charge in [-0.3, -0.25) is 0 Å². The lowest BCUT2D eigenvalue weighted by atomic mass is 10.3. The first-order valence-electron chi connectivity index (χ1n) is 4.56. The Hall–Kier alpha value is -1.82. The van der Waals surface area contributed by atoms with Crippen molar-refractivity contribution >= 4 is 17.3 Å². The van der Waals surface area contributed by atoms with E-state index in [9.17, 15) is 0 Å². The Labute approximate surface area is 97.0 Å². The smallest absolute Gasteiger partial charge is 0.212 e. The maximum absolute atomic E-state index is 5.82. The van der Waals surface area contributed by atoms with E-state index in [-0.39, 0.29) is 6.61 Å². The highest BCUT2D eigenvalue weighted by Gasteiger charge is 2.05. The van der Waals surface area contributed by atoms with E-state index in [4.69, 9.17) is 22.1 Å². The standard InChI is InChI=1S/C9H10ClN5O/c1-15-13-9(12-14-15)5-16-8-4-6(10)2-3-7(8)11/h2-4H,5,11H2,1H3. The molecule has 7 heteroatoms. The molecule has 0 spiro atoms. The molecule has 0 fully saturated rings. The molecule has 2 rings (SSSR count). The van der Waals surface area contributed by atoms with Crippen molar-refractivity contribution in [2.75, 3.05) is 5.73 Å². The molecule has 16 heavy (non-hydrogen) atoms. The van der Waals surface area contributed by atoms with E-state index in [0.29, 0.717) is 22.3 Å². The fraction of sp³-hybridized carbons (Fsp3) is 0.222. The lowest BCUT2D eigenvalue weighted by Crippen LogP contribution is -2.01. The van der Waals surface area contributed by atoms with Gasteiger partial charge in [0.05, 0.1) is 12.7 Å². The molecule has 6 nitrogen and oxygen atoms in total. The maximum atomic E-state index is 5.82. The lowest BCUT2D eigenvalue weighted by Gasteiger charge is -2.06. The van der Waals surface area contributed by atoms with Crippen LogP contribution in [-0.4, -0.2) is 20.2 Å². The number of aryl methyl sites for hydroxylation is 1. The van der Waals surface area contributed by atoms with Crippen molar-refractivity contribution in [2.24, 2.45) is 7.05 Å². The maximum Gasteiger partial charge on any atom is 0.212 e. The summed E-state index contributed by atoms with van der Waals surface area (Å²) in [5, 5.41) is 12.0. The number of nitrogens with zero attached hydrogens (tertiary/aromatic N) is 4. The first-order chi connectivity index (χ1) is 7.65. The molecule has 0 aliphatic heterocycles. The second-order valence-electron chi connectivity index (χ2n) is 3.17. The highest BCUT2D eigenvalue weighted by atomic mass is 35.5. The molecule has 0 amide bonds. The quantitative estimate of drug-likeness (QED) is 0.810. The second-order valence-corrected chi connectivity index (χ2v) is 3.60. The average Bonchev–Trinajstić information content (AvgIpc) is 2.66. The van der Waals surface area contributed by atoms with Crippen LogP contribution in [0.2, 0.25) is 5.02 Å². The summed E-state index contributed by atoms with van der Waals surface area (Å²) < 4.78 is 5.43. The van der Waals surface area contributed by atoms with E-state index in [2.05, 4.69) is 15.4 Å². The topological polar surface area (TPSA) is 78.8 Å². The van der Waals surface area contributed by atoms with Gasteiger partial charge in [0.15, 0.2) is 6.61 Å². The minimum absolute atomic E-state index is 0.207. The van der Waals surface area contributed by atoms with Crippen LogP contribution in [0.5, 0.6) is 5.75 Å². The minimum Gasteiger partial charge on any atom is -0.483 e. The van der Waals surface area contributed by atoms with Gasteiger partial charge >= 0.3 is 0 Å². The van der Waals surface area contributed by atoms with Gasteiger partial charge in [-0.2, -0.15) is 4.80 Å². The summed E-state index contributed by atoms with van der Waals surface area (Å²) in [6, 6.07) is 5.03. The summed E-state index contributed by atoms with van der Waals surface area (Å²) >= 11 is 5.82. The number of halogens is 1. The molecule has 0 saturated heterocycles. The summed E-state index contributed by atoms with van der Waals surface area (Å²) in [5.74, 6) is 1.00. The number of aromatic nitrogens is 4. The number of nitrogen functional groups attached to an aromatic ring is 1. The highest BCUT2D eigenvalue weighted by molar-refractivity contribution is 6.30. The SMILES string of the molecule is Cn1nnc(COc2cc(Cl)ccc2N)n1. The number of hydrogen-bond donors (Lipinski definition) is 1. The Kier molecular flexibility index (Phi) is 2.91. The molecule has 0 aliphatic rings. The molecule has 84 valence electrons. The third-order valence-corrected chi connectivity index (χ3v) is 2.12. The number of anilines is 1. The van der Waals surface area contributed by atoms with E-state index in [0.717, 1.165) is 0 Å². The van der Waals surface area contributed by atoms with Crippen molar-refractivity contribution in [1.82, 2.24) is 20.2 Å². The summed E-state index contributed by atoms with van der Waals surface area (Å²) in [4.78, 5) is 1.36. The van der Waals surface area contributed by atoms with Crippen molar-refractivity contribution in [1.29, 1.82) is 0 Å².